The minimum Gasteiger partial charge on any atom is -0.457 e. The van der Waals surface area contributed by atoms with E-state index < -0.39 is 14.0 Å². The van der Waals surface area contributed by atoms with E-state index in [1.807, 2.05) is 121 Å². The summed E-state index contributed by atoms with van der Waals surface area (Å²) < 4.78 is 65.2. The lowest BCUT2D eigenvalue weighted by Crippen LogP contribution is -2.25. The van der Waals surface area contributed by atoms with Crippen LogP contribution in [0.15, 0.2) is 158 Å². The van der Waals surface area contributed by atoms with Gasteiger partial charge in [-0.1, -0.05) is 72.8 Å². The molecule has 0 spiro atoms. The molecule has 7 heteroatoms. The molecule has 0 unspecified atom stereocenters. The fraction of sp³-hybridized carbons (Fsp3) is 0.0962. The Morgan fingerprint density at radius 2 is 1.10 bits per heavy atom. The van der Waals surface area contributed by atoms with Gasteiger partial charge in [0.25, 0.3) is 0 Å². The van der Waals surface area contributed by atoms with Crippen molar-refractivity contribution < 1.29 is 13.0 Å². The molecule has 4 aromatic heterocycles. The van der Waals surface area contributed by atoms with Gasteiger partial charge < -0.3 is 23.7 Å². The van der Waals surface area contributed by atoms with E-state index in [0.717, 1.165) is 77.4 Å². The molecule has 0 aliphatic carbocycles. The van der Waals surface area contributed by atoms with E-state index >= 15 is 0 Å². The second-order valence-electron chi connectivity index (χ2n) is 15.5. The molecule has 0 atom stereocenters. The molecule has 11 aromatic rings. The van der Waals surface area contributed by atoms with E-state index in [1.165, 1.54) is 9.13 Å². The molecule has 0 saturated carbocycles. The number of nitrogens with zero attached hydrogens (tertiary/aromatic N) is 6. The van der Waals surface area contributed by atoms with E-state index in [-0.39, 0.29) is 6.67 Å². The summed E-state index contributed by atoms with van der Waals surface area (Å²) in [7, 11) is 0. The van der Waals surface area contributed by atoms with Crippen molar-refractivity contribution in [3.63, 3.8) is 0 Å². The first-order chi connectivity index (χ1) is 31.3. The molecule has 0 N–H and O–H groups in total. The Labute approximate surface area is 349 Å². The molecule has 0 fully saturated rings. The standard InChI is InChI=1S/C52H40N6O/c1-32-26-49(53-30-33(32)2)58-45-21-10-7-16-37(45)40-25-24-36(28-48(40)58)59-35-15-13-14-34(27-35)56-31-57(47-23-12-11-22-46(47)56)52-50-41(38-17-5-8-19-43(38)54(50)3)29-42-39-18-6-9-20-44(39)55(4)51(42)52/h5-30H,31H2,1-4H3/i3D3,4D3. The van der Waals surface area contributed by atoms with Crippen LogP contribution in [-0.4, -0.2) is 25.4 Å². The van der Waals surface area contributed by atoms with Crippen molar-refractivity contribution in [2.45, 2.75) is 13.8 Å². The molecule has 5 heterocycles. The van der Waals surface area contributed by atoms with Gasteiger partial charge in [-0.05, 0) is 91.7 Å². The van der Waals surface area contributed by atoms with Crippen molar-refractivity contribution in [1.82, 2.24) is 18.7 Å². The Kier molecular flexibility index (Phi) is 5.93. The van der Waals surface area contributed by atoms with Gasteiger partial charge in [0.05, 0.1) is 39.1 Å². The summed E-state index contributed by atoms with van der Waals surface area (Å²) in [6.07, 6.45) is 1.91. The highest BCUT2D eigenvalue weighted by molar-refractivity contribution is 6.25. The van der Waals surface area contributed by atoms with Crippen LogP contribution in [-0.2, 0) is 14.0 Å². The van der Waals surface area contributed by atoms with Crippen LogP contribution in [0.2, 0.25) is 0 Å². The number of pyridine rings is 1. The summed E-state index contributed by atoms with van der Waals surface area (Å²) >= 11 is 0. The van der Waals surface area contributed by atoms with E-state index in [9.17, 15) is 0 Å². The second kappa shape index (κ2) is 12.5. The third-order valence-electron chi connectivity index (χ3n) is 12.2. The van der Waals surface area contributed by atoms with E-state index in [2.05, 4.69) is 64.6 Å². The molecule has 12 rings (SSSR count). The maximum Gasteiger partial charge on any atom is 0.137 e. The minimum atomic E-state index is -2.60. The van der Waals surface area contributed by atoms with Gasteiger partial charge in [0.2, 0.25) is 0 Å². The van der Waals surface area contributed by atoms with Gasteiger partial charge in [0.15, 0.2) is 0 Å². The average Bonchev–Trinajstić information content (AvgIpc) is 4.03. The molecule has 1 aliphatic heterocycles. The van der Waals surface area contributed by atoms with Gasteiger partial charge in [-0.2, -0.15) is 0 Å². The van der Waals surface area contributed by atoms with Gasteiger partial charge in [0.1, 0.15) is 24.0 Å². The maximum absolute atomic E-state index is 8.92. The largest absolute Gasteiger partial charge is 0.457 e. The molecular formula is C52H40N6O. The van der Waals surface area contributed by atoms with Crippen molar-refractivity contribution in [2.24, 2.45) is 14.0 Å². The number of rotatable bonds is 5. The lowest BCUT2D eigenvalue weighted by atomic mass is 10.1. The van der Waals surface area contributed by atoms with Crippen LogP contribution in [0.4, 0.5) is 22.7 Å². The normalized spacial score (nSPS) is 14.9. The Morgan fingerprint density at radius 3 is 1.78 bits per heavy atom. The zero-order valence-corrected chi connectivity index (χ0v) is 32.3. The number of hydrogen-bond donors (Lipinski definition) is 0. The van der Waals surface area contributed by atoms with Crippen LogP contribution in [0.3, 0.4) is 0 Å². The molecular weight excluding hydrogens is 725 g/mol. The lowest BCUT2D eigenvalue weighted by molar-refractivity contribution is 0.483. The summed E-state index contributed by atoms with van der Waals surface area (Å²) in [4.78, 5) is 9.07. The van der Waals surface area contributed by atoms with Crippen molar-refractivity contribution in [3.8, 4) is 17.3 Å². The predicted octanol–water partition coefficient (Wildman–Crippen LogP) is 13.1. The van der Waals surface area contributed by atoms with Crippen molar-refractivity contribution >= 4 is 88.2 Å². The molecule has 0 radical (unpaired) electrons. The third kappa shape index (κ3) is 4.85. The monoisotopic (exact) mass is 770 g/mol. The molecule has 0 saturated heterocycles. The highest BCUT2D eigenvalue weighted by atomic mass is 16.5. The number of anilines is 4. The van der Waals surface area contributed by atoms with Crippen LogP contribution in [0, 0.1) is 13.8 Å². The SMILES string of the molecule is [2H]C([2H])([2H])n1c2ccccc2c2cc3c4ccccc4n(C([2H])([2H])[2H])c3c(N3CN(c4cccc(Oc5ccc6c7ccccc7n(-c7cc(C)c(C)cn7)c6c5)c4)c4ccccc43)c21. The Bertz CT molecular complexity index is 3660. The fourth-order valence-corrected chi connectivity index (χ4v) is 9.27. The smallest absolute Gasteiger partial charge is 0.137 e. The van der Waals surface area contributed by atoms with E-state index in [1.54, 1.807) is 0 Å². The molecule has 1 aliphatic rings. The third-order valence-corrected chi connectivity index (χ3v) is 12.2. The van der Waals surface area contributed by atoms with Gasteiger partial charge >= 0.3 is 0 Å². The van der Waals surface area contributed by atoms with Crippen LogP contribution in [0.25, 0.3) is 71.2 Å². The first-order valence-corrected chi connectivity index (χ1v) is 19.7. The quantitative estimate of drug-likeness (QED) is 0.175. The topological polar surface area (TPSA) is 43.4 Å². The van der Waals surface area contributed by atoms with E-state index in [4.69, 9.17) is 17.9 Å². The number of ether oxygens (including phenoxy) is 1. The highest BCUT2D eigenvalue weighted by Crippen LogP contribution is 2.51. The first-order valence-electron chi connectivity index (χ1n) is 22.7. The Balaban J connectivity index is 1.02. The summed E-state index contributed by atoms with van der Waals surface area (Å²) in [5.74, 6) is 2.12. The summed E-state index contributed by atoms with van der Waals surface area (Å²) in [6.45, 7) is -0.786. The number of benzene rings is 7. The van der Waals surface area contributed by atoms with Crippen LogP contribution < -0.4 is 14.5 Å². The number of aromatic nitrogens is 4. The maximum atomic E-state index is 8.92. The number of para-hydroxylation sites is 5. The summed E-state index contributed by atoms with van der Waals surface area (Å²) in [6, 6.07) is 49.5. The zero-order chi connectivity index (χ0) is 44.5. The number of hydrogen-bond acceptors (Lipinski definition) is 4. The summed E-state index contributed by atoms with van der Waals surface area (Å²) in [5, 5.41) is 5.21. The zero-order valence-electron chi connectivity index (χ0n) is 38.3. The van der Waals surface area contributed by atoms with Crippen LogP contribution >= 0.6 is 0 Å². The second-order valence-corrected chi connectivity index (χ2v) is 15.5. The minimum absolute atomic E-state index is 0.247. The molecule has 7 nitrogen and oxygen atoms in total. The molecule has 284 valence electrons. The van der Waals surface area contributed by atoms with Crippen LogP contribution in [0.5, 0.6) is 11.5 Å². The van der Waals surface area contributed by atoms with Gasteiger partial charge in [-0.15, -0.1) is 0 Å². The number of aryl methyl sites for hydroxylation is 4. The lowest BCUT2D eigenvalue weighted by Gasteiger charge is -2.25. The fourth-order valence-electron chi connectivity index (χ4n) is 9.27. The molecule has 7 aromatic carbocycles. The average molecular weight is 771 g/mol. The molecule has 0 bridgehead atoms. The Hall–Kier alpha value is -7.51. The van der Waals surface area contributed by atoms with Gasteiger partial charge in [-0.25, -0.2) is 4.98 Å². The van der Waals surface area contributed by atoms with Gasteiger partial charge in [-0.3, -0.25) is 4.57 Å². The van der Waals surface area contributed by atoms with Crippen molar-refractivity contribution in [1.29, 1.82) is 0 Å². The molecule has 59 heavy (non-hydrogen) atoms. The van der Waals surface area contributed by atoms with Crippen molar-refractivity contribution in [2.75, 3.05) is 16.5 Å². The summed E-state index contributed by atoms with van der Waals surface area (Å²) in [5.41, 5.74) is 9.28. The van der Waals surface area contributed by atoms with Crippen LogP contribution in [0.1, 0.15) is 19.4 Å². The van der Waals surface area contributed by atoms with Crippen molar-refractivity contribution in [3.05, 3.63) is 169 Å². The molecule has 0 amide bonds. The Morgan fingerprint density at radius 1 is 0.508 bits per heavy atom. The highest BCUT2D eigenvalue weighted by Gasteiger charge is 2.33. The number of fused-ring (bicyclic) bond motifs is 10. The van der Waals surface area contributed by atoms with E-state index in [0.29, 0.717) is 39.3 Å². The predicted molar refractivity (Wildman–Crippen MR) is 245 cm³/mol. The first kappa shape index (κ1) is 28.0. The van der Waals surface area contributed by atoms with Gasteiger partial charge in [0, 0.05) is 89.5 Å².